The van der Waals surface area contributed by atoms with E-state index in [0.717, 1.165) is 10.9 Å². The summed E-state index contributed by atoms with van der Waals surface area (Å²) in [5, 5.41) is 0. The van der Waals surface area contributed by atoms with Gasteiger partial charge in [-0.25, -0.2) is 0 Å². The van der Waals surface area contributed by atoms with Crippen molar-refractivity contribution in [3.05, 3.63) is 28.7 Å². The van der Waals surface area contributed by atoms with Crippen molar-refractivity contribution in [2.75, 3.05) is 6.61 Å². The van der Waals surface area contributed by atoms with Crippen LogP contribution in [0.3, 0.4) is 0 Å². The van der Waals surface area contributed by atoms with E-state index in [9.17, 15) is 9.59 Å². The predicted octanol–water partition coefficient (Wildman–Crippen LogP) is 1.78. The van der Waals surface area contributed by atoms with E-state index in [1.807, 2.05) is 19.1 Å². The lowest BCUT2D eigenvalue weighted by molar-refractivity contribution is -0.130. The van der Waals surface area contributed by atoms with E-state index in [1.165, 1.54) is 0 Å². The van der Waals surface area contributed by atoms with Crippen molar-refractivity contribution < 1.29 is 14.3 Å². The van der Waals surface area contributed by atoms with Crippen LogP contribution < -0.4 is 15.6 Å². The lowest BCUT2D eigenvalue weighted by atomic mass is 10.3. The Morgan fingerprint density at radius 2 is 1.78 bits per heavy atom. The molecule has 0 aromatic heterocycles. The first kappa shape index (κ1) is 14.5. The van der Waals surface area contributed by atoms with Gasteiger partial charge in [-0.2, -0.15) is 0 Å². The number of benzene rings is 1. The first-order chi connectivity index (χ1) is 8.61. The van der Waals surface area contributed by atoms with Gasteiger partial charge in [0.25, 0.3) is 5.91 Å². The Kier molecular flexibility index (Phi) is 6.21. The second-order valence-corrected chi connectivity index (χ2v) is 4.50. The van der Waals surface area contributed by atoms with Crippen molar-refractivity contribution in [3.63, 3.8) is 0 Å². The fourth-order valence-electron chi connectivity index (χ4n) is 1.14. The summed E-state index contributed by atoms with van der Waals surface area (Å²) >= 11 is 3.30. The Balaban J connectivity index is 2.24. The number of carbonyl (C=O) groups excluding carboxylic acids is 2. The van der Waals surface area contributed by atoms with Crippen LogP contribution in [0.2, 0.25) is 0 Å². The second-order valence-electron chi connectivity index (χ2n) is 3.59. The smallest absolute Gasteiger partial charge is 0.276 e. The quantitative estimate of drug-likeness (QED) is 0.814. The molecule has 2 amide bonds. The molecule has 0 fully saturated rings. The van der Waals surface area contributed by atoms with E-state index in [1.54, 1.807) is 12.1 Å². The van der Waals surface area contributed by atoms with Crippen molar-refractivity contribution in [1.82, 2.24) is 10.9 Å². The molecule has 0 aliphatic carbocycles. The zero-order chi connectivity index (χ0) is 13.4. The molecule has 0 unspecified atom stereocenters. The zero-order valence-corrected chi connectivity index (χ0v) is 11.6. The summed E-state index contributed by atoms with van der Waals surface area (Å²) in [7, 11) is 0. The molecular formula is C12H15BrN2O3. The number of carbonyl (C=O) groups is 2. The van der Waals surface area contributed by atoms with Gasteiger partial charge in [0.2, 0.25) is 5.91 Å². The summed E-state index contributed by atoms with van der Waals surface area (Å²) in [6.45, 7) is 1.74. The van der Waals surface area contributed by atoms with Gasteiger partial charge in [-0.15, -0.1) is 0 Å². The number of hydrogen-bond donors (Lipinski definition) is 2. The highest BCUT2D eigenvalue weighted by atomic mass is 79.9. The van der Waals surface area contributed by atoms with Crippen molar-refractivity contribution >= 4 is 27.7 Å². The van der Waals surface area contributed by atoms with E-state index in [2.05, 4.69) is 26.8 Å². The van der Waals surface area contributed by atoms with Crippen LogP contribution in [0.15, 0.2) is 28.7 Å². The van der Waals surface area contributed by atoms with Crippen LogP contribution in [0.4, 0.5) is 0 Å². The molecule has 0 spiro atoms. The Bertz CT molecular complexity index is 406. The zero-order valence-electron chi connectivity index (χ0n) is 10.0. The van der Waals surface area contributed by atoms with Crippen molar-refractivity contribution in [2.24, 2.45) is 0 Å². The van der Waals surface area contributed by atoms with E-state index >= 15 is 0 Å². The number of ether oxygens (including phenoxy) is 1. The Morgan fingerprint density at radius 1 is 1.17 bits per heavy atom. The van der Waals surface area contributed by atoms with E-state index < -0.39 is 5.91 Å². The van der Waals surface area contributed by atoms with E-state index in [0.29, 0.717) is 12.2 Å². The topological polar surface area (TPSA) is 67.4 Å². The van der Waals surface area contributed by atoms with Gasteiger partial charge in [0.05, 0.1) is 0 Å². The summed E-state index contributed by atoms with van der Waals surface area (Å²) in [6, 6.07) is 7.12. The molecule has 0 radical (unpaired) electrons. The lowest BCUT2D eigenvalue weighted by Gasteiger charge is -2.08. The maximum absolute atomic E-state index is 11.3. The highest BCUT2D eigenvalue weighted by Crippen LogP contribution is 2.15. The summed E-state index contributed by atoms with van der Waals surface area (Å²) in [5.41, 5.74) is 4.58. The lowest BCUT2D eigenvalue weighted by Crippen LogP contribution is -2.43. The molecule has 0 saturated carbocycles. The standard InChI is InChI=1S/C12H15BrN2O3/c1-2-3-11(16)14-15-12(17)8-18-10-6-4-9(13)5-7-10/h4-7H,2-3,8H2,1H3,(H,14,16)(H,15,17). The van der Waals surface area contributed by atoms with Gasteiger partial charge in [0.1, 0.15) is 5.75 Å². The second kappa shape index (κ2) is 7.71. The highest BCUT2D eigenvalue weighted by molar-refractivity contribution is 9.10. The van der Waals surface area contributed by atoms with Crippen LogP contribution in [0, 0.1) is 0 Å². The normalized spacial score (nSPS) is 9.67. The Morgan fingerprint density at radius 3 is 2.39 bits per heavy atom. The average Bonchev–Trinajstić information content (AvgIpc) is 2.36. The summed E-state index contributed by atoms with van der Waals surface area (Å²) in [6.07, 6.45) is 1.12. The van der Waals surface area contributed by atoms with Gasteiger partial charge >= 0.3 is 0 Å². The minimum absolute atomic E-state index is 0.145. The van der Waals surface area contributed by atoms with Gasteiger partial charge in [-0.3, -0.25) is 20.4 Å². The van der Waals surface area contributed by atoms with Crippen molar-refractivity contribution in [2.45, 2.75) is 19.8 Å². The molecule has 1 rings (SSSR count). The molecule has 98 valence electrons. The molecule has 1 aromatic rings. The van der Waals surface area contributed by atoms with Crippen LogP contribution in [-0.2, 0) is 9.59 Å². The van der Waals surface area contributed by atoms with Gasteiger partial charge < -0.3 is 4.74 Å². The maximum Gasteiger partial charge on any atom is 0.276 e. The first-order valence-electron chi connectivity index (χ1n) is 5.58. The third-order valence-electron chi connectivity index (χ3n) is 2.00. The molecule has 6 heteroatoms. The van der Waals surface area contributed by atoms with Gasteiger partial charge in [0, 0.05) is 10.9 Å². The Labute approximate surface area is 114 Å². The molecule has 0 saturated heterocycles. The van der Waals surface area contributed by atoms with Gasteiger partial charge in [-0.1, -0.05) is 22.9 Å². The van der Waals surface area contributed by atoms with Crippen LogP contribution in [0.25, 0.3) is 0 Å². The predicted molar refractivity (Wildman–Crippen MR) is 70.8 cm³/mol. The van der Waals surface area contributed by atoms with Crippen LogP contribution in [0.5, 0.6) is 5.75 Å². The summed E-state index contributed by atoms with van der Waals surface area (Å²) in [4.78, 5) is 22.4. The minimum atomic E-state index is -0.401. The summed E-state index contributed by atoms with van der Waals surface area (Å²) in [5.74, 6) is -0.0231. The first-order valence-corrected chi connectivity index (χ1v) is 6.37. The number of halogens is 1. The Hall–Kier alpha value is -1.56. The van der Waals surface area contributed by atoms with Crippen LogP contribution >= 0.6 is 15.9 Å². The third kappa shape index (κ3) is 5.67. The van der Waals surface area contributed by atoms with Gasteiger partial charge in [-0.05, 0) is 30.7 Å². The molecular weight excluding hydrogens is 300 g/mol. The van der Waals surface area contributed by atoms with Gasteiger partial charge in [0.15, 0.2) is 6.61 Å². The number of nitrogens with one attached hydrogen (secondary N) is 2. The molecule has 0 atom stereocenters. The SMILES string of the molecule is CCCC(=O)NNC(=O)COc1ccc(Br)cc1. The molecule has 0 heterocycles. The molecule has 18 heavy (non-hydrogen) atoms. The largest absolute Gasteiger partial charge is 0.484 e. The number of amides is 2. The van der Waals surface area contributed by atoms with Crippen molar-refractivity contribution in [1.29, 1.82) is 0 Å². The number of hydrazine groups is 1. The fraction of sp³-hybridized carbons (Fsp3) is 0.333. The molecule has 5 nitrogen and oxygen atoms in total. The average molecular weight is 315 g/mol. The highest BCUT2D eigenvalue weighted by Gasteiger charge is 2.04. The van der Waals surface area contributed by atoms with E-state index in [-0.39, 0.29) is 12.5 Å². The molecule has 0 bridgehead atoms. The summed E-state index contributed by atoms with van der Waals surface area (Å²) < 4.78 is 6.17. The fourth-order valence-corrected chi connectivity index (χ4v) is 1.41. The monoisotopic (exact) mass is 314 g/mol. The van der Waals surface area contributed by atoms with Crippen LogP contribution in [-0.4, -0.2) is 18.4 Å². The molecule has 0 aliphatic heterocycles. The minimum Gasteiger partial charge on any atom is -0.484 e. The van der Waals surface area contributed by atoms with Crippen molar-refractivity contribution in [3.8, 4) is 5.75 Å². The number of rotatable bonds is 5. The van der Waals surface area contributed by atoms with Crippen LogP contribution in [0.1, 0.15) is 19.8 Å². The molecule has 1 aromatic carbocycles. The third-order valence-corrected chi connectivity index (χ3v) is 2.53. The van der Waals surface area contributed by atoms with E-state index in [4.69, 9.17) is 4.74 Å². The number of hydrogen-bond acceptors (Lipinski definition) is 3. The molecule has 0 aliphatic rings. The molecule has 2 N–H and O–H groups in total. The maximum atomic E-state index is 11.3.